The highest BCUT2D eigenvalue weighted by atomic mass is 35.5. The van der Waals surface area contributed by atoms with Crippen LogP contribution in [0.4, 0.5) is 4.79 Å². The first-order valence-corrected chi connectivity index (χ1v) is 10.7. The lowest BCUT2D eigenvalue weighted by Gasteiger charge is -2.07. The molecule has 0 fully saturated rings. The van der Waals surface area contributed by atoms with Gasteiger partial charge in [0.2, 0.25) is 5.96 Å². The summed E-state index contributed by atoms with van der Waals surface area (Å²) in [6, 6.07) is 4.75. The van der Waals surface area contributed by atoms with E-state index in [9.17, 15) is 4.79 Å². The van der Waals surface area contributed by atoms with Crippen molar-refractivity contribution in [1.82, 2.24) is 0 Å². The SMILES string of the molecule is COCCSSCCOC(=O)/N=C(N)/N=C(/N)C(=N)c1cccc(Cl)c1Cl. The van der Waals surface area contributed by atoms with Gasteiger partial charge in [-0.15, -0.1) is 4.99 Å². The van der Waals surface area contributed by atoms with E-state index in [1.54, 1.807) is 46.9 Å². The number of nitrogens with one attached hydrogen (secondary N) is 1. The number of amides is 1. The molecule has 1 rings (SSSR count). The van der Waals surface area contributed by atoms with Crippen LogP contribution in [-0.4, -0.2) is 55.4 Å². The summed E-state index contributed by atoms with van der Waals surface area (Å²) < 4.78 is 9.82. The van der Waals surface area contributed by atoms with Gasteiger partial charge in [-0.1, -0.05) is 56.9 Å². The minimum atomic E-state index is -0.890. The molecule has 0 aliphatic carbocycles. The fourth-order valence-corrected chi connectivity index (χ4v) is 3.70. The number of halogens is 2. The molecule has 1 aromatic carbocycles. The first-order chi connectivity index (χ1) is 12.9. The molecule has 0 aliphatic rings. The number of benzene rings is 1. The maximum absolute atomic E-state index is 11.6. The number of ether oxygens (including phenoxy) is 2. The summed E-state index contributed by atoms with van der Waals surface area (Å²) >= 11 is 11.9. The van der Waals surface area contributed by atoms with Crippen molar-refractivity contribution in [2.75, 3.05) is 31.8 Å². The molecule has 148 valence electrons. The Morgan fingerprint density at radius 2 is 1.85 bits per heavy atom. The number of carbonyl (C=O) groups excluding carboxylic acids is 1. The Balaban J connectivity index is 2.54. The van der Waals surface area contributed by atoms with Gasteiger partial charge in [0.25, 0.3) is 0 Å². The van der Waals surface area contributed by atoms with E-state index in [-0.39, 0.29) is 33.8 Å². The second-order valence-electron chi connectivity index (χ2n) is 4.69. The molecule has 1 aromatic rings. The van der Waals surface area contributed by atoms with E-state index in [1.807, 2.05) is 0 Å². The minimum absolute atomic E-state index is 0.165. The van der Waals surface area contributed by atoms with Crippen LogP contribution in [0.3, 0.4) is 0 Å². The molecule has 0 aromatic heterocycles. The quantitative estimate of drug-likeness (QED) is 0.227. The van der Waals surface area contributed by atoms with Crippen LogP contribution < -0.4 is 11.5 Å². The number of guanidine groups is 1. The number of hydrogen-bond acceptors (Lipinski definition) is 6. The molecule has 0 unspecified atom stereocenters. The van der Waals surface area contributed by atoms with Gasteiger partial charge >= 0.3 is 6.09 Å². The normalized spacial score (nSPS) is 12.1. The third kappa shape index (κ3) is 8.85. The van der Waals surface area contributed by atoms with Gasteiger partial charge in [-0.05, 0) is 6.07 Å². The Morgan fingerprint density at radius 3 is 2.52 bits per heavy atom. The molecular weight excluding hydrogens is 433 g/mol. The summed E-state index contributed by atoms with van der Waals surface area (Å²) in [5, 5.41) is 8.45. The average Bonchev–Trinajstić information content (AvgIpc) is 2.62. The topological polar surface area (TPSA) is 136 Å². The number of rotatable bonds is 9. The number of nitrogens with zero attached hydrogens (tertiary/aromatic N) is 2. The predicted molar refractivity (Wildman–Crippen MR) is 115 cm³/mol. The zero-order valence-electron chi connectivity index (χ0n) is 14.4. The summed E-state index contributed by atoms with van der Waals surface area (Å²) in [7, 11) is 4.80. The zero-order valence-corrected chi connectivity index (χ0v) is 17.6. The number of aliphatic imine (C=N–C) groups is 2. The Bertz CT molecular complexity index is 731. The van der Waals surface area contributed by atoms with Crippen molar-refractivity contribution >= 4 is 68.4 Å². The van der Waals surface area contributed by atoms with Gasteiger partial charge < -0.3 is 20.9 Å². The van der Waals surface area contributed by atoms with Crippen LogP contribution in [-0.2, 0) is 9.47 Å². The van der Waals surface area contributed by atoms with Crippen LogP contribution in [0.5, 0.6) is 0 Å². The molecule has 0 saturated carbocycles. The zero-order chi connectivity index (χ0) is 20.2. The van der Waals surface area contributed by atoms with Crippen molar-refractivity contribution in [2.24, 2.45) is 21.5 Å². The highest BCUT2D eigenvalue weighted by molar-refractivity contribution is 8.76. The molecule has 0 heterocycles. The molecule has 0 atom stereocenters. The number of nitrogens with two attached hydrogens (primary N) is 2. The van der Waals surface area contributed by atoms with Crippen LogP contribution in [0.2, 0.25) is 10.0 Å². The first-order valence-electron chi connectivity index (χ1n) is 7.48. The largest absolute Gasteiger partial charge is 0.447 e. The van der Waals surface area contributed by atoms with E-state index in [0.717, 1.165) is 5.75 Å². The van der Waals surface area contributed by atoms with Gasteiger partial charge in [-0.3, -0.25) is 5.41 Å². The van der Waals surface area contributed by atoms with Crippen molar-refractivity contribution < 1.29 is 14.3 Å². The van der Waals surface area contributed by atoms with Gasteiger partial charge in [-0.2, -0.15) is 4.99 Å². The average molecular weight is 452 g/mol. The predicted octanol–water partition coefficient (Wildman–Crippen LogP) is 3.20. The second kappa shape index (κ2) is 12.8. The second-order valence-corrected chi connectivity index (χ2v) is 8.18. The van der Waals surface area contributed by atoms with E-state index in [1.165, 1.54) is 0 Å². The van der Waals surface area contributed by atoms with E-state index in [4.69, 9.17) is 49.6 Å². The Morgan fingerprint density at radius 1 is 1.19 bits per heavy atom. The van der Waals surface area contributed by atoms with Crippen molar-refractivity contribution in [3.05, 3.63) is 33.8 Å². The van der Waals surface area contributed by atoms with E-state index >= 15 is 0 Å². The van der Waals surface area contributed by atoms with Gasteiger partial charge in [0.15, 0.2) is 5.84 Å². The highest BCUT2D eigenvalue weighted by Gasteiger charge is 2.13. The van der Waals surface area contributed by atoms with Crippen LogP contribution in [0.15, 0.2) is 28.2 Å². The van der Waals surface area contributed by atoms with Gasteiger partial charge in [0, 0.05) is 24.2 Å². The van der Waals surface area contributed by atoms with Crippen LogP contribution in [0.25, 0.3) is 0 Å². The smallest absolute Gasteiger partial charge is 0.436 e. The lowest BCUT2D eigenvalue weighted by molar-refractivity contribution is 0.164. The Kier molecular flexibility index (Phi) is 11.2. The molecule has 0 aliphatic heterocycles. The van der Waals surface area contributed by atoms with E-state index < -0.39 is 12.1 Å². The molecule has 8 nitrogen and oxygen atoms in total. The fourth-order valence-electron chi connectivity index (χ4n) is 1.56. The summed E-state index contributed by atoms with van der Waals surface area (Å²) in [5.41, 5.74) is 11.4. The van der Waals surface area contributed by atoms with Crippen LogP contribution in [0, 0.1) is 5.41 Å². The molecule has 0 radical (unpaired) electrons. The molecule has 5 N–H and O–H groups in total. The number of methoxy groups -OCH3 is 1. The van der Waals surface area contributed by atoms with Crippen LogP contribution >= 0.6 is 44.8 Å². The van der Waals surface area contributed by atoms with Gasteiger partial charge in [-0.25, -0.2) is 4.79 Å². The monoisotopic (exact) mass is 451 g/mol. The van der Waals surface area contributed by atoms with Crippen molar-refractivity contribution in [3.8, 4) is 0 Å². The molecular formula is C15H19Cl2N5O3S2. The molecule has 0 saturated heterocycles. The van der Waals surface area contributed by atoms with Crippen molar-refractivity contribution in [3.63, 3.8) is 0 Å². The Labute approximate surface area is 175 Å². The molecule has 27 heavy (non-hydrogen) atoms. The number of hydrogen-bond donors (Lipinski definition) is 3. The summed E-state index contributed by atoms with van der Waals surface area (Å²) in [5.74, 6) is 0.746. The fraction of sp³-hybridized carbons (Fsp3) is 0.333. The van der Waals surface area contributed by atoms with E-state index in [2.05, 4.69) is 9.98 Å². The Hall–Kier alpha value is -1.46. The first kappa shape index (κ1) is 23.6. The third-order valence-corrected chi connectivity index (χ3v) is 5.92. The lowest BCUT2D eigenvalue weighted by atomic mass is 10.1. The van der Waals surface area contributed by atoms with Crippen molar-refractivity contribution in [2.45, 2.75) is 0 Å². The third-order valence-electron chi connectivity index (χ3n) is 2.76. The summed E-state index contributed by atoms with van der Waals surface area (Å²) in [4.78, 5) is 18.7. The standard InChI is InChI=1S/C15H19Cl2N5O3S2/c1-24-5-7-26-27-8-6-25-15(23)22-14(20)21-13(19)12(18)9-3-2-4-10(16)11(9)17/h2-4,18H,5-8H2,1H3,(H4,19,20,21,22,23). The number of carbonyl (C=O) groups is 1. The molecule has 0 spiro atoms. The molecule has 12 heteroatoms. The molecule has 0 bridgehead atoms. The molecule has 1 amide bonds. The van der Waals surface area contributed by atoms with Crippen LogP contribution in [0.1, 0.15) is 5.56 Å². The number of amidine groups is 1. The van der Waals surface area contributed by atoms with Crippen molar-refractivity contribution in [1.29, 1.82) is 5.41 Å². The summed E-state index contributed by atoms with van der Waals surface area (Å²) in [6.45, 7) is 0.834. The lowest BCUT2D eigenvalue weighted by Crippen LogP contribution is -2.28. The maximum Gasteiger partial charge on any atom is 0.436 e. The summed E-state index contributed by atoms with van der Waals surface area (Å²) in [6.07, 6.45) is -0.890. The van der Waals surface area contributed by atoms with E-state index in [0.29, 0.717) is 12.4 Å². The maximum atomic E-state index is 11.6. The van der Waals surface area contributed by atoms with Gasteiger partial charge in [0.1, 0.15) is 12.3 Å². The highest BCUT2D eigenvalue weighted by Crippen LogP contribution is 2.25. The minimum Gasteiger partial charge on any atom is -0.447 e. The van der Waals surface area contributed by atoms with Gasteiger partial charge in [0.05, 0.1) is 16.7 Å².